The maximum absolute atomic E-state index is 14.4. The first-order valence-corrected chi connectivity index (χ1v) is 9.58. The lowest BCUT2D eigenvalue weighted by Crippen LogP contribution is -2.45. The molecule has 0 spiro atoms. The van der Waals surface area contributed by atoms with E-state index in [4.69, 9.17) is 4.52 Å². The van der Waals surface area contributed by atoms with E-state index in [0.29, 0.717) is 23.7 Å². The van der Waals surface area contributed by atoms with E-state index in [0.717, 1.165) is 38.0 Å². The Morgan fingerprint density at radius 1 is 1.38 bits per heavy atom. The molecule has 3 aromatic rings. The number of fused-ring (bicyclic) bond motifs is 1. The Balaban J connectivity index is 1.38. The fourth-order valence-electron chi connectivity index (χ4n) is 3.63. The normalized spacial score (nSPS) is 15.7. The average Bonchev–Trinajstić information content (AvgIpc) is 3.33. The van der Waals surface area contributed by atoms with E-state index in [2.05, 4.69) is 35.1 Å². The summed E-state index contributed by atoms with van der Waals surface area (Å²) >= 11 is 0. The number of ether oxygens (including phenoxy) is 1. The van der Waals surface area contributed by atoms with Gasteiger partial charge in [-0.15, -0.1) is 0 Å². The van der Waals surface area contributed by atoms with Gasteiger partial charge in [-0.25, -0.2) is 14.2 Å². The molecule has 2 N–H and O–H groups in total. The number of hydrogen-bond acceptors (Lipinski definition) is 7. The number of hydrogen-bond donors (Lipinski definition) is 2. The van der Waals surface area contributed by atoms with E-state index >= 15 is 0 Å². The fraction of sp³-hybridized carbons (Fsp3) is 0.474. The zero-order chi connectivity index (χ0) is 20.4. The molecule has 1 aliphatic rings. The van der Waals surface area contributed by atoms with Crippen molar-refractivity contribution in [3.63, 3.8) is 0 Å². The van der Waals surface area contributed by atoms with Gasteiger partial charge in [0.1, 0.15) is 17.2 Å². The minimum absolute atomic E-state index is 0.134. The summed E-state index contributed by atoms with van der Waals surface area (Å²) in [7, 11) is 1.36. The Bertz CT molecular complexity index is 1010. The molecule has 0 saturated carbocycles. The van der Waals surface area contributed by atoms with Gasteiger partial charge in [-0.05, 0) is 31.9 Å². The first-order valence-electron chi connectivity index (χ1n) is 9.58. The van der Waals surface area contributed by atoms with Crippen LogP contribution < -0.4 is 5.32 Å². The highest BCUT2D eigenvalue weighted by atomic mass is 19.1. The summed E-state index contributed by atoms with van der Waals surface area (Å²) in [5.74, 6) is 0.922. The van der Waals surface area contributed by atoms with E-state index in [1.165, 1.54) is 13.2 Å². The molecule has 0 unspecified atom stereocenters. The van der Waals surface area contributed by atoms with Gasteiger partial charge in [0.05, 0.1) is 18.2 Å². The topological polar surface area (TPSA) is 109 Å². The van der Waals surface area contributed by atoms with Gasteiger partial charge in [0, 0.05) is 32.1 Å². The van der Waals surface area contributed by atoms with Crippen LogP contribution in [-0.4, -0.2) is 63.9 Å². The monoisotopic (exact) mass is 402 g/mol. The molecule has 0 atom stereocenters. The maximum atomic E-state index is 14.4. The number of imidazole rings is 1. The zero-order valence-corrected chi connectivity index (χ0v) is 16.4. The number of likely N-dealkylation sites (tertiary alicyclic amines) is 1. The molecule has 1 saturated heterocycles. The number of H-pyrrole nitrogens is 1. The number of benzene rings is 1. The van der Waals surface area contributed by atoms with Crippen molar-refractivity contribution >= 4 is 17.1 Å². The van der Waals surface area contributed by atoms with Crippen molar-refractivity contribution in [2.45, 2.75) is 32.2 Å². The highest BCUT2D eigenvalue weighted by Crippen LogP contribution is 2.28. The van der Waals surface area contributed by atoms with Crippen LogP contribution in [0.1, 0.15) is 24.6 Å². The number of aryl methyl sites for hydroxylation is 1. The molecule has 0 aliphatic carbocycles. The molecule has 9 nitrogen and oxygen atoms in total. The summed E-state index contributed by atoms with van der Waals surface area (Å²) in [5.41, 5.74) is 1.47. The van der Waals surface area contributed by atoms with E-state index in [1.54, 1.807) is 6.07 Å². The van der Waals surface area contributed by atoms with Gasteiger partial charge >= 0.3 is 6.09 Å². The van der Waals surface area contributed by atoms with Gasteiger partial charge in [-0.1, -0.05) is 5.16 Å². The molecule has 0 radical (unpaired) electrons. The number of alkyl carbamates (subject to hydrolysis) is 1. The van der Waals surface area contributed by atoms with Crippen LogP contribution in [-0.2, 0) is 11.2 Å². The number of methoxy groups -OCH3 is 1. The van der Waals surface area contributed by atoms with Gasteiger partial charge in [0.15, 0.2) is 0 Å². The number of amides is 1. The molecule has 1 aliphatic heterocycles. The lowest BCUT2D eigenvalue weighted by atomic mass is 10.1. The van der Waals surface area contributed by atoms with Crippen molar-refractivity contribution in [3.05, 3.63) is 29.7 Å². The predicted molar refractivity (Wildman–Crippen MR) is 103 cm³/mol. The molecule has 3 heterocycles. The van der Waals surface area contributed by atoms with Crippen LogP contribution in [0.5, 0.6) is 0 Å². The van der Waals surface area contributed by atoms with E-state index < -0.39 is 11.9 Å². The Kier molecular flexibility index (Phi) is 5.43. The van der Waals surface area contributed by atoms with Crippen LogP contribution in [0.4, 0.5) is 9.18 Å². The number of rotatable bonds is 5. The Morgan fingerprint density at radius 2 is 2.17 bits per heavy atom. The quantitative estimate of drug-likeness (QED) is 0.674. The van der Waals surface area contributed by atoms with Crippen molar-refractivity contribution in [2.24, 2.45) is 0 Å². The van der Waals surface area contributed by atoms with Crippen molar-refractivity contribution < 1.29 is 18.4 Å². The summed E-state index contributed by atoms with van der Waals surface area (Å²) in [5, 5.41) is 6.80. The number of carbonyl (C=O) groups is 1. The van der Waals surface area contributed by atoms with Crippen LogP contribution >= 0.6 is 0 Å². The number of aromatic nitrogens is 4. The second-order valence-electron chi connectivity index (χ2n) is 7.15. The third-order valence-electron chi connectivity index (χ3n) is 5.15. The molecule has 154 valence electrons. The van der Waals surface area contributed by atoms with Crippen LogP contribution in [0.15, 0.2) is 16.7 Å². The van der Waals surface area contributed by atoms with Gasteiger partial charge in [0.2, 0.25) is 11.7 Å². The first kappa shape index (κ1) is 19.3. The molecular formula is C19H23FN6O3. The van der Waals surface area contributed by atoms with E-state index in [-0.39, 0.29) is 17.4 Å². The van der Waals surface area contributed by atoms with Gasteiger partial charge in [-0.2, -0.15) is 4.98 Å². The van der Waals surface area contributed by atoms with Crippen LogP contribution in [0.2, 0.25) is 0 Å². The van der Waals surface area contributed by atoms with E-state index in [9.17, 15) is 9.18 Å². The standard InChI is InChI=1S/C19H23FN6O3/c1-11-21-14-4-3-13(20)16(17(14)22-11)18-24-15(29-25-18)7-10-26-8-5-12(6-9-26)23-19(27)28-2/h3-4,12H,5-10H2,1-2H3,(H,21,22)(H,23,27). The minimum Gasteiger partial charge on any atom is -0.453 e. The zero-order valence-electron chi connectivity index (χ0n) is 16.4. The second kappa shape index (κ2) is 8.16. The number of piperidine rings is 1. The molecule has 10 heteroatoms. The molecule has 1 fully saturated rings. The number of nitrogens with zero attached hydrogens (tertiary/aromatic N) is 4. The minimum atomic E-state index is -0.434. The summed E-state index contributed by atoms with van der Waals surface area (Å²) in [6.07, 6.45) is 1.89. The molecule has 1 aromatic carbocycles. The molecule has 29 heavy (non-hydrogen) atoms. The number of halogens is 1. The Hall–Kier alpha value is -3.01. The van der Waals surface area contributed by atoms with Crippen molar-refractivity contribution in [1.82, 2.24) is 30.3 Å². The predicted octanol–water partition coefficient (Wildman–Crippen LogP) is 2.42. The Labute approximate surface area is 166 Å². The molecule has 2 aromatic heterocycles. The van der Waals surface area contributed by atoms with E-state index in [1.807, 2.05) is 6.92 Å². The summed E-state index contributed by atoms with van der Waals surface area (Å²) < 4.78 is 24.4. The highest BCUT2D eigenvalue weighted by molar-refractivity contribution is 5.90. The molecule has 1 amide bonds. The summed E-state index contributed by atoms with van der Waals surface area (Å²) in [6.45, 7) is 4.28. The van der Waals surface area contributed by atoms with Gasteiger partial charge in [-0.3, -0.25) is 0 Å². The highest BCUT2D eigenvalue weighted by Gasteiger charge is 2.22. The van der Waals surface area contributed by atoms with Crippen molar-refractivity contribution in [3.8, 4) is 11.4 Å². The molecule has 0 bridgehead atoms. The average molecular weight is 402 g/mol. The number of carbonyl (C=O) groups excluding carboxylic acids is 1. The maximum Gasteiger partial charge on any atom is 0.407 e. The third kappa shape index (κ3) is 4.21. The van der Waals surface area contributed by atoms with Crippen LogP contribution in [0, 0.1) is 12.7 Å². The van der Waals surface area contributed by atoms with Gasteiger partial charge in [0.25, 0.3) is 0 Å². The second-order valence-corrected chi connectivity index (χ2v) is 7.15. The lowest BCUT2D eigenvalue weighted by molar-refractivity contribution is 0.151. The fourth-order valence-corrected chi connectivity index (χ4v) is 3.63. The SMILES string of the molecule is COC(=O)NC1CCN(CCc2nc(-c3c(F)ccc4[nH]c(C)nc34)no2)CC1. The van der Waals surface area contributed by atoms with Crippen LogP contribution in [0.3, 0.4) is 0 Å². The first-order chi connectivity index (χ1) is 14.0. The largest absolute Gasteiger partial charge is 0.453 e. The smallest absolute Gasteiger partial charge is 0.407 e. The summed E-state index contributed by atoms with van der Waals surface area (Å²) in [6, 6.07) is 3.15. The van der Waals surface area contributed by atoms with Gasteiger partial charge < -0.3 is 24.5 Å². The molecular weight excluding hydrogens is 379 g/mol. The van der Waals surface area contributed by atoms with Crippen molar-refractivity contribution in [1.29, 1.82) is 0 Å². The number of nitrogens with one attached hydrogen (secondary N) is 2. The lowest BCUT2D eigenvalue weighted by Gasteiger charge is -2.31. The van der Waals surface area contributed by atoms with Crippen molar-refractivity contribution in [2.75, 3.05) is 26.7 Å². The third-order valence-corrected chi connectivity index (χ3v) is 5.15. The molecule has 4 rings (SSSR count). The Morgan fingerprint density at radius 3 is 2.93 bits per heavy atom. The van der Waals surface area contributed by atoms with Crippen LogP contribution in [0.25, 0.3) is 22.4 Å². The number of aromatic amines is 1. The summed E-state index contributed by atoms with van der Waals surface area (Å²) in [4.78, 5) is 25.4.